The average Bonchev–Trinajstić information content (AvgIpc) is 3.15. The number of nitrogens with zero attached hydrogens (tertiary/aromatic N) is 1. The van der Waals surface area contributed by atoms with Gasteiger partial charge < -0.3 is 15.0 Å². The third-order valence-electron chi connectivity index (χ3n) is 4.11. The van der Waals surface area contributed by atoms with Crippen molar-refractivity contribution in [3.63, 3.8) is 0 Å². The molecule has 1 saturated heterocycles. The molecule has 0 aromatic rings. The molecule has 1 aliphatic heterocycles. The lowest BCUT2D eigenvalue weighted by Gasteiger charge is -2.34. The van der Waals surface area contributed by atoms with Crippen LogP contribution in [0.5, 0.6) is 0 Å². The second kappa shape index (κ2) is 6.72. The van der Waals surface area contributed by atoms with E-state index in [1.807, 2.05) is 7.11 Å². The van der Waals surface area contributed by atoms with Crippen LogP contribution in [0.2, 0.25) is 0 Å². The molecule has 2 rings (SSSR count). The highest BCUT2D eigenvalue weighted by molar-refractivity contribution is 4.89. The van der Waals surface area contributed by atoms with Gasteiger partial charge in [-0.1, -0.05) is 6.92 Å². The molecule has 0 amide bonds. The molecule has 2 aliphatic rings. The zero-order chi connectivity index (χ0) is 12.1. The molecular weight excluding hydrogens is 212 g/mol. The topological polar surface area (TPSA) is 24.5 Å². The fraction of sp³-hybridized carbons (Fsp3) is 1.00. The zero-order valence-electron chi connectivity index (χ0n) is 11.5. The average molecular weight is 240 g/mol. The predicted molar refractivity (Wildman–Crippen MR) is 71.3 cm³/mol. The summed E-state index contributed by atoms with van der Waals surface area (Å²) in [5.74, 6) is 0.892. The molecule has 2 fully saturated rings. The normalized spacial score (nSPS) is 25.1. The highest BCUT2D eigenvalue weighted by Gasteiger charge is 2.33. The number of likely N-dealkylation sites (tertiary alicyclic amines) is 1. The van der Waals surface area contributed by atoms with Gasteiger partial charge in [0, 0.05) is 19.2 Å². The van der Waals surface area contributed by atoms with Crippen molar-refractivity contribution in [2.75, 3.05) is 33.4 Å². The summed E-state index contributed by atoms with van der Waals surface area (Å²) < 4.78 is 5.33. The SMILES string of the molecule is CCCN1CCC(NC(COC)C2CC2)CC1. The second-order valence-electron chi connectivity index (χ2n) is 5.68. The van der Waals surface area contributed by atoms with Gasteiger partial charge in [-0.05, 0) is 57.7 Å². The van der Waals surface area contributed by atoms with E-state index in [1.165, 1.54) is 51.7 Å². The summed E-state index contributed by atoms with van der Waals surface area (Å²) in [6.07, 6.45) is 6.71. The Labute approximate surface area is 106 Å². The van der Waals surface area contributed by atoms with Crippen LogP contribution in [0, 0.1) is 5.92 Å². The first-order valence-electron chi connectivity index (χ1n) is 7.30. The molecule has 0 aromatic carbocycles. The minimum Gasteiger partial charge on any atom is -0.383 e. The Morgan fingerprint density at radius 1 is 1.24 bits per heavy atom. The molecule has 1 heterocycles. The van der Waals surface area contributed by atoms with Crippen LogP contribution in [0.1, 0.15) is 39.0 Å². The maximum atomic E-state index is 5.33. The maximum absolute atomic E-state index is 5.33. The zero-order valence-corrected chi connectivity index (χ0v) is 11.5. The van der Waals surface area contributed by atoms with E-state index in [0.717, 1.165) is 18.6 Å². The van der Waals surface area contributed by atoms with Gasteiger partial charge in [0.2, 0.25) is 0 Å². The van der Waals surface area contributed by atoms with Gasteiger partial charge in [0.1, 0.15) is 0 Å². The standard InChI is InChI=1S/C14H28N2O/c1-3-8-16-9-6-13(7-10-16)15-14(11-17-2)12-4-5-12/h12-15H,3-11H2,1-2H3. The van der Waals surface area contributed by atoms with E-state index in [4.69, 9.17) is 4.74 Å². The highest BCUT2D eigenvalue weighted by Crippen LogP contribution is 2.33. The van der Waals surface area contributed by atoms with Crippen molar-refractivity contribution in [2.24, 2.45) is 5.92 Å². The van der Waals surface area contributed by atoms with Crippen LogP contribution in [-0.4, -0.2) is 50.3 Å². The van der Waals surface area contributed by atoms with E-state index in [-0.39, 0.29) is 0 Å². The van der Waals surface area contributed by atoms with Crippen molar-refractivity contribution < 1.29 is 4.74 Å². The van der Waals surface area contributed by atoms with E-state index < -0.39 is 0 Å². The highest BCUT2D eigenvalue weighted by atomic mass is 16.5. The monoisotopic (exact) mass is 240 g/mol. The summed E-state index contributed by atoms with van der Waals surface area (Å²) in [4.78, 5) is 2.60. The molecule has 0 spiro atoms. The van der Waals surface area contributed by atoms with E-state index in [0.29, 0.717) is 6.04 Å². The molecule has 1 unspecified atom stereocenters. The minimum absolute atomic E-state index is 0.614. The van der Waals surface area contributed by atoms with Gasteiger partial charge in [-0.3, -0.25) is 0 Å². The Balaban J connectivity index is 1.68. The van der Waals surface area contributed by atoms with Crippen molar-refractivity contribution in [3.05, 3.63) is 0 Å². The first kappa shape index (κ1) is 13.3. The lowest BCUT2D eigenvalue weighted by Crippen LogP contribution is -2.48. The molecular formula is C14H28N2O. The minimum atomic E-state index is 0.614. The fourth-order valence-corrected chi connectivity index (χ4v) is 2.94. The molecule has 0 radical (unpaired) electrons. The van der Waals surface area contributed by atoms with Crippen molar-refractivity contribution >= 4 is 0 Å². The van der Waals surface area contributed by atoms with Gasteiger partial charge in [-0.15, -0.1) is 0 Å². The third-order valence-corrected chi connectivity index (χ3v) is 4.11. The largest absolute Gasteiger partial charge is 0.383 e. The van der Waals surface area contributed by atoms with E-state index >= 15 is 0 Å². The number of piperidine rings is 1. The van der Waals surface area contributed by atoms with E-state index in [1.54, 1.807) is 0 Å². The number of nitrogens with one attached hydrogen (secondary N) is 1. The third kappa shape index (κ3) is 4.23. The molecule has 1 saturated carbocycles. The van der Waals surface area contributed by atoms with E-state index in [9.17, 15) is 0 Å². The molecule has 100 valence electrons. The predicted octanol–water partition coefficient (Wildman–Crippen LogP) is 1.88. The van der Waals surface area contributed by atoms with Gasteiger partial charge in [0.05, 0.1) is 6.61 Å². The summed E-state index contributed by atoms with van der Waals surface area (Å²) in [6.45, 7) is 6.98. The van der Waals surface area contributed by atoms with Gasteiger partial charge in [-0.2, -0.15) is 0 Å². The summed E-state index contributed by atoms with van der Waals surface area (Å²) in [5.41, 5.74) is 0. The first-order chi connectivity index (χ1) is 8.33. The summed E-state index contributed by atoms with van der Waals surface area (Å²) in [5, 5.41) is 3.83. The van der Waals surface area contributed by atoms with Crippen molar-refractivity contribution in [2.45, 2.75) is 51.1 Å². The fourth-order valence-electron chi connectivity index (χ4n) is 2.94. The smallest absolute Gasteiger partial charge is 0.0618 e. The Morgan fingerprint density at radius 3 is 2.47 bits per heavy atom. The number of ether oxygens (including phenoxy) is 1. The summed E-state index contributed by atoms with van der Waals surface area (Å²) in [7, 11) is 1.82. The summed E-state index contributed by atoms with van der Waals surface area (Å²) >= 11 is 0. The van der Waals surface area contributed by atoms with Gasteiger partial charge in [0.15, 0.2) is 0 Å². The second-order valence-corrected chi connectivity index (χ2v) is 5.68. The number of hydrogen-bond donors (Lipinski definition) is 1. The van der Waals surface area contributed by atoms with Crippen LogP contribution >= 0.6 is 0 Å². The van der Waals surface area contributed by atoms with Crippen LogP contribution in [0.4, 0.5) is 0 Å². The van der Waals surface area contributed by atoms with Gasteiger partial charge in [-0.25, -0.2) is 0 Å². The van der Waals surface area contributed by atoms with Crippen LogP contribution in [0.3, 0.4) is 0 Å². The van der Waals surface area contributed by atoms with Crippen molar-refractivity contribution in [1.29, 1.82) is 0 Å². The lowest BCUT2D eigenvalue weighted by atomic mass is 10.0. The quantitative estimate of drug-likeness (QED) is 0.735. The maximum Gasteiger partial charge on any atom is 0.0618 e. The van der Waals surface area contributed by atoms with Crippen molar-refractivity contribution in [1.82, 2.24) is 10.2 Å². The Hall–Kier alpha value is -0.120. The van der Waals surface area contributed by atoms with Crippen LogP contribution in [0.25, 0.3) is 0 Å². The first-order valence-corrected chi connectivity index (χ1v) is 7.30. The van der Waals surface area contributed by atoms with E-state index in [2.05, 4.69) is 17.1 Å². The molecule has 1 N–H and O–H groups in total. The lowest BCUT2D eigenvalue weighted by molar-refractivity contribution is 0.133. The Kier molecular flexibility index (Phi) is 5.26. The molecule has 0 aromatic heterocycles. The molecule has 0 bridgehead atoms. The number of methoxy groups -OCH3 is 1. The van der Waals surface area contributed by atoms with Crippen LogP contribution in [0.15, 0.2) is 0 Å². The Morgan fingerprint density at radius 2 is 1.94 bits per heavy atom. The van der Waals surface area contributed by atoms with Crippen LogP contribution < -0.4 is 5.32 Å². The molecule has 1 atom stereocenters. The molecule has 3 heteroatoms. The van der Waals surface area contributed by atoms with Crippen molar-refractivity contribution in [3.8, 4) is 0 Å². The Bertz CT molecular complexity index is 210. The molecule has 3 nitrogen and oxygen atoms in total. The number of hydrogen-bond acceptors (Lipinski definition) is 3. The summed E-state index contributed by atoms with van der Waals surface area (Å²) in [6, 6.07) is 1.34. The number of rotatable bonds is 7. The molecule has 1 aliphatic carbocycles. The van der Waals surface area contributed by atoms with Crippen LogP contribution in [-0.2, 0) is 4.74 Å². The molecule has 17 heavy (non-hydrogen) atoms. The van der Waals surface area contributed by atoms with Gasteiger partial charge >= 0.3 is 0 Å². The van der Waals surface area contributed by atoms with Gasteiger partial charge in [0.25, 0.3) is 0 Å².